The summed E-state index contributed by atoms with van der Waals surface area (Å²) in [6, 6.07) is 3.16. The number of fused-ring (bicyclic) bond motifs is 1. The molecule has 1 aromatic rings. The van der Waals surface area contributed by atoms with Gasteiger partial charge in [0.15, 0.2) is 5.75 Å². The largest absolute Gasteiger partial charge is 0.426 e. The summed E-state index contributed by atoms with van der Waals surface area (Å²) >= 11 is 0. The van der Waals surface area contributed by atoms with Crippen LogP contribution in [0.4, 0.5) is 0 Å². The van der Waals surface area contributed by atoms with Gasteiger partial charge in [-0.15, -0.1) is 0 Å². The maximum Gasteiger partial charge on any atom is 0.380 e. The van der Waals surface area contributed by atoms with Gasteiger partial charge in [0.1, 0.15) is 5.75 Å². The van der Waals surface area contributed by atoms with Crippen molar-refractivity contribution in [2.75, 3.05) is 0 Å². The number of ether oxygens (including phenoxy) is 1. The molecule has 0 bridgehead atoms. The molecule has 1 aliphatic heterocycles. The standard InChI is InChI=1S/C10H11NO5S/c1-6-8(16-17(11,13)14)4-2-7-3-5-9(12)15-10(6)7/h2,4H,3,5H2,1H3,(H2,11,13,14). The maximum absolute atomic E-state index is 11.2. The Labute approximate surface area is 98.6 Å². The minimum absolute atomic E-state index is 0.0703. The molecule has 0 saturated heterocycles. The summed E-state index contributed by atoms with van der Waals surface area (Å²) in [5, 5.41) is 4.78. The first kappa shape index (κ1) is 11.9. The van der Waals surface area contributed by atoms with Crippen molar-refractivity contribution in [3.05, 3.63) is 23.3 Å². The van der Waals surface area contributed by atoms with Crippen molar-refractivity contribution >= 4 is 16.3 Å². The van der Waals surface area contributed by atoms with Crippen LogP contribution >= 0.6 is 0 Å². The summed E-state index contributed by atoms with van der Waals surface area (Å²) in [5.41, 5.74) is 1.30. The van der Waals surface area contributed by atoms with Gasteiger partial charge in [-0.25, -0.2) is 0 Å². The number of carbonyl (C=O) groups is 1. The SMILES string of the molecule is Cc1c(OS(N)(=O)=O)ccc2c1OC(=O)CC2. The molecule has 17 heavy (non-hydrogen) atoms. The van der Waals surface area contributed by atoms with Crippen LogP contribution in [0.5, 0.6) is 11.5 Å². The van der Waals surface area contributed by atoms with E-state index < -0.39 is 10.3 Å². The molecule has 1 heterocycles. The summed E-state index contributed by atoms with van der Waals surface area (Å²) in [6.07, 6.45) is 0.895. The lowest BCUT2D eigenvalue weighted by molar-refractivity contribution is -0.135. The fourth-order valence-electron chi connectivity index (χ4n) is 1.69. The van der Waals surface area contributed by atoms with Gasteiger partial charge in [-0.2, -0.15) is 13.6 Å². The monoisotopic (exact) mass is 257 g/mol. The Hall–Kier alpha value is -1.60. The molecule has 0 saturated carbocycles. The first-order valence-corrected chi connectivity index (χ1v) is 6.39. The molecule has 0 atom stereocenters. The Morgan fingerprint density at radius 2 is 2.06 bits per heavy atom. The number of carbonyl (C=O) groups excluding carboxylic acids is 1. The van der Waals surface area contributed by atoms with Crippen LogP contribution in [-0.2, 0) is 21.5 Å². The van der Waals surface area contributed by atoms with E-state index in [0.29, 0.717) is 24.2 Å². The average molecular weight is 257 g/mol. The van der Waals surface area contributed by atoms with E-state index in [2.05, 4.69) is 4.18 Å². The van der Waals surface area contributed by atoms with E-state index in [-0.39, 0.29) is 11.7 Å². The van der Waals surface area contributed by atoms with E-state index >= 15 is 0 Å². The zero-order chi connectivity index (χ0) is 12.6. The molecule has 2 rings (SSSR count). The van der Waals surface area contributed by atoms with Gasteiger partial charge < -0.3 is 8.92 Å². The van der Waals surface area contributed by atoms with Crippen molar-refractivity contribution in [1.29, 1.82) is 0 Å². The van der Waals surface area contributed by atoms with Crippen LogP contribution in [0.1, 0.15) is 17.5 Å². The predicted octanol–water partition coefficient (Wildman–Crippen LogP) is 0.429. The summed E-state index contributed by atoms with van der Waals surface area (Å²) < 4.78 is 31.3. The number of nitrogens with two attached hydrogens (primary N) is 1. The molecule has 0 spiro atoms. The third kappa shape index (κ3) is 2.56. The lowest BCUT2D eigenvalue weighted by Gasteiger charge is -2.19. The third-order valence-corrected chi connectivity index (χ3v) is 2.87. The van der Waals surface area contributed by atoms with Crippen molar-refractivity contribution in [3.8, 4) is 11.5 Å². The highest BCUT2D eigenvalue weighted by atomic mass is 32.2. The summed E-state index contributed by atoms with van der Waals surface area (Å²) in [7, 11) is -4.08. The maximum atomic E-state index is 11.2. The molecular formula is C10H11NO5S. The molecule has 0 radical (unpaired) electrons. The average Bonchev–Trinajstić information content (AvgIpc) is 2.21. The number of aryl methyl sites for hydroxylation is 1. The van der Waals surface area contributed by atoms with Crippen molar-refractivity contribution in [2.45, 2.75) is 19.8 Å². The first-order valence-electron chi connectivity index (χ1n) is 4.92. The molecule has 92 valence electrons. The lowest BCUT2D eigenvalue weighted by Crippen LogP contribution is -2.21. The molecule has 1 aromatic carbocycles. The molecule has 1 aliphatic rings. The lowest BCUT2D eigenvalue weighted by atomic mass is 10.0. The highest BCUT2D eigenvalue weighted by Crippen LogP contribution is 2.35. The van der Waals surface area contributed by atoms with Gasteiger partial charge >= 0.3 is 16.3 Å². The number of rotatable bonds is 2. The Morgan fingerprint density at radius 1 is 1.35 bits per heavy atom. The second-order valence-electron chi connectivity index (χ2n) is 3.73. The number of hydrogen-bond donors (Lipinski definition) is 1. The van der Waals surface area contributed by atoms with Crippen LogP contribution in [0.25, 0.3) is 0 Å². The van der Waals surface area contributed by atoms with Crippen molar-refractivity contribution < 1.29 is 22.1 Å². The van der Waals surface area contributed by atoms with Crippen molar-refractivity contribution in [3.63, 3.8) is 0 Å². The first-order chi connectivity index (χ1) is 7.87. The van der Waals surface area contributed by atoms with Gasteiger partial charge in [-0.1, -0.05) is 6.07 Å². The third-order valence-electron chi connectivity index (χ3n) is 2.46. The quantitative estimate of drug-likeness (QED) is 0.612. The van der Waals surface area contributed by atoms with E-state index in [4.69, 9.17) is 9.88 Å². The molecule has 0 amide bonds. The molecule has 0 aliphatic carbocycles. The second-order valence-corrected chi connectivity index (χ2v) is 4.88. The normalized spacial score (nSPS) is 15.1. The van der Waals surface area contributed by atoms with E-state index in [1.165, 1.54) is 6.07 Å². The van der Waals surface area contributed by atoms with Crippen LogP contribution in [0.3, 0.4) is 0 Å². The van der Waals surface area contributed by atoms with Crippen LogP contribution < -0.4 is 14.1 Å². The van der Waals surface area contributed by atoms with Gasteiger partial charge in [0.2, 0.25) is 0 Å². The molecule has 0 unspecified atom stereocenters. The topological polar surface area (TPSA) is 95.7 Å². The van der Waals surface area contributed by atoms with Crippen molar-refractivity contribution in [1.82, 2.24) is 0 Å². The molecule has 7 heteroatoms. The van der Waals surface area contributed by atoms with Gasteiger partial charge in [0, 0.05) is 5.56 Å². The zero-order valence-electron chi connectivity index (χ0n) is 9.10. The Kier molecular flexibility index (Phi) is 2.80. The Bertz CT molecular complexity index is 579. The van der Waals surface area contributed by atoms with Gasteiger partial charge in [-0.3, -0.25) is 4.79 Å². The zero-order valence-corrected chi connectivity index (χ0v) is 9.91. The predicted molar refractivity (Wildman–Crippen MR) is 58.9 cm³/mol. The highest BCUT2D eigenvalue weighted by Gasteiger charge is 2.22. The minimum atomic E-state index is -4.08. The second kappa shape index (κ2) is 4.01. The van der Waals surface area contributed by atoms with Gasteiger partial charge in [0.25, 0.3) is 0 Å². The van der Waals surface area contributed by atoms with E-state index in [1.807, 2.05) is 0 Å². The van der Waals surface area contributed by atoms with Gasteiger partial charge in [0.05, 0.1) is 6.42 Å². The number of hydrogen-bond acceptors (Lipinski definition) is 5. The Morgan fingerprint density at radius 3 is 2.71 bits per heavy atom. The van der Waals surface area contributed by atoms with Crippen LogP contribution in [0.15, 0.2) is 12.1 Å². The van der Waals surface area contributed by atoms with E-state index in [9.17, 15) is 13.2 Å². The molecule has 0 fully saturated rings. The smallest absolute Gasteiger partial charge is 0.380 e. The highest BCUT2D eigenvalue weighted by molar-refractivity contribution is 7.84. The van der Waals surface area contributed by atoms with Crippen LogP contribution in [0, 0.1) is 6.92 Å². The summed E-state index contributed by atoms with van der Waals surface area (Å²) in [4.78, 5) is 11.2. The fraction of sp³-hybridized carbons (Fsp3) is 0.300. The molecule has 6 nitrogen and oxygen atoms in total. The summed E-state index contributed by atoms with van der Waals surface area (Å²) in [5.74, 6) is 0.0942. The molecule has 2 N–H and O–H groups in total. The van der Waals surface area contributed by atoms with Crippen LogP contribution in [-0.4, -0.2) is 14.4 Å². The fourth-order valence-corrected chi connectivity index (χ4v) is 2.12. The van der Waals surface area contributed by atoms with Gasteiger partial charge in [-0.05, 0) is 25.0 Å². The molecule has 0 aromatic heterocycles. The van der Waals surface area contributed by atoms with E-state index in [1.54, 1.807) is 13.0 Å². The van der Waals surface area contributed by atoms with E-state index in [0.717, 1.165) is 5.56 Å². The minimum Gasteiger partial charge on any atom is -0.426 e. The molecular weight excluding hydrogens is 246 g/mol. The number of benzene rings is 1. The van der Waals surface area contributed by atoms with Crippen molar-refractivity contribution in [2.24, 2.45) is 5.14 Å². The number of esters is 1. The van der Waals surface area contributed by atoms with Crippen LogP contribution in [0.2, 0.25) is 0 Å². The Balaban J connectivity index is 2.45. The summed E-state index contributed by atoms with van der Waals surface area (Å²) in [6.45, 7) is 1.61.